The first-order valence-electron chi connectivity index (χ1n) is 12.0. The summed E-state index contributed by atoms with van der Waals surface area (Å²) in [6.45, 7) is 8.21. The smallest absolute Gasteiger partial charge is 0.182 e. The molecule has 0 amide bonds. The lowest BCUT2D eigenvalue weighted by Gasteiger charge is -2.30. The monoisotopic (exact) mass is 428 g/mol. The maximum absolute atomic E-state index is 13.3. The third-order valence-electron chi connectivity index (χ3n) is 7.97. The van der Waals surface area contributed by atoms with Gasteiger partial charge in [0.25, 0.3) is 0 Å². The summed E-state index contributed by atoms with van der Waals surface area (Å²) in [6.07, 6.45) is 13.8. The maximum atomic E-state index is 13.3. The van der Waals surface area contributed by atoms with Crippen molar-refractivity contribution in [2.24, 2.45) is 17.3 Å². The molecule has 1 aromatic carbocycles. The van der Waals surface area contributed by atoms with Crippen LogP contribution in [-0.2, 0) is 9.84 Å². The molecule has 2 saturated carbocycles. The Morgan fingerprint density at radius 3 is 2.50 bits per heavy atom. The number of hydrogen-bond donors (Lipinski definition) is 0. The van der Waals surface area contributed by atoms with Crippen molar-refractivity contribution in [3.8, 4) is 0 Å². The Labute approximate surface area is 183 Å². The van der Waals surface area contributed by atoms with Crippen LogP contribution >= 0.6 is 0 Å². The Hall–Kier alpha value is -1.42. The van der Waals surface area contributed by atoms with Crippen molar-refractivity contribution in [3.05, 3.63) is 42.5 Å². The van der Waals surface area contributed by atoms with Crippen molar-refractivity contribution in [1.82, 2.24) is 0 Å². The number of rotatable bonds is 6. The number of nitrogens with zero attached hydrogens (tertiary/aromatic N) is 1. The lowest BCUT2D eigenvalue weighted by molar-refractivity contribution is -0.566. The second kappa shape index (κ2) is 8.61. The van der Waals surface area contributed by atoms with Crippen molar-refractivity contribution < 1.29 is 13.0 Å². The van der Waals surface area contributed by atoms with Crippen LogP contribution in [0.2, 0.25) is 0 Å². The Bertz CT molecular complexity index is 914. The van der Waals surface area contributed by atoms with Crippen LogP contribution in [0.3, 0.4) is 0 Å². The predicted molar refractivity (Wildman–Crippen MR) is 124 cm³/mol. The van der Waals surface area contributed by atoms with Gasteiger partial charge in [-0.05, 0) is 57.6 Å². The molecule has 1 aliphatic heterocycles. The zero-order valence-electron chi connectivity index (χ0n) is 18.9. The van der Waals surface area contributed by atoms with Gasteiger partial charge in [-0.2, -0.15) is 0 Å². The SMILES string of the molecule is CCC[N+]1=C(C=CC2CCCC2S(=O)(=O)c2ccccc2)C(C)(C)C2CCCCC21. The largest absolute Gasteiger partial charge is 0.230 e. The Morgan fingerprint density at radius 2 is 1.77 bits per heavy atom. The molecule has 4 heteroatoms. The van der Waals surface area contributed by atoms with E-state index < -0.39 is 9.84 Å². The lowest BCUT2D eigenvalue weighted by Crippen LogP contribution is -2.35. The molecule has 1 heterocycles. The molecule has 0 aromatic heterocycles. The van der Waals surface area contributed by atoms with E-state index in [0.29, 0.717) is 10.9 Å². The molecule has 3 nitrogen and oxygen atoms in total. The third kappa shape index (κ3) is 3.81. The lowest BCUT2D eigenvalue weighted by atomic mass is 9.69. The average molecular weight is 429 g/mol. The summed E-state index contributed by atoms with van der Waals surface area (Å²) >= 11 is 0. The van der Waals surface area contributed by atoms with Gasteiger partial charge in [-0.3, -0.25) is 0 Å². The summed E-state index contributed by atoms with van der Waals surface area (Å²) in [6, 6.07) is 9.70. The second-order valence-corrected chi connectivity index (χ2v) is 12.3. The molecular weight excluding hydrogens is 390 g/mol. The first-order valence-corrected chi connectivity index (χ1v) is 13.5. The zero-order chi connectivity index (χ0) is 21.4. The molecule has 4 unspecified atom stereocenters. The van der Waals surface area contributed by atoms with Gasteiger partial charge in [-0.15, -0.1) is 0 Å². The molecule has 0 N–H and O–H groups in total. The van der Waals surface area contributed by atoms with Gasteiger partial charge in [-0.25, -0.2) is 13.0 Å². The predicted octanol–water partition coefficient (Wildman–Crippen LogP) is 5.65. The highest BCUT2D eigenvalue weighted by molar-refractivity contribution is 7.92. The zero-order valence-corrected chi connectivity index (χ0v) is 19.7. The van der Waals surface area contributed by atoms with Crippen LogP contribution < -0.4 is 0 Å². The molecular formula is C26H38NO2S+. The highest BCUT2D eigenvalue weighted by Crippen LogP contribution is 2.46. The van der Waals surface area contributed by atoms with Gasteiger partial charge in [-0.1, -0.05) is 44.0 Å². The first kappa shape index (κ1) is 21.8. The molecule has 164 valence electrons. The molecule has 0 spiro atoms. The van der Waals surface area contributed by atoms with Crippen LogP contribution in [0.1, 0.15) is 72.1 Å². The number of benzene rings is 1. The van der Waals surface area contributed by atoms with Gasteiger partial charge in [0.1, 0.15) is 6.54 Å². The van der Waals surface area contributed by atoms with Crippen molar-refractivity contribution in [3.63, 3.8) is 0 Å². The number of hydrogen-bond acceptors (Lipinski definition) is 2. The van der Waals surface area contributed by atoms with Gasteiger partial charge in [0.2, 0.25) is 0 Å². The maximum Gasteiger partial charge on any atom is 0.182 e. The van der Waals surface area contributed by atoms with Crippen LogP contribution in [0, 0.1) is 17.3 Å². The van der Waals surface area contributed by atoms with E-state index >= 15 is 0 Å². The minimum absolute atomic E-state index is 0.115. The summed E-state index contributed by atoms with van der Waals surface area (Å²) in [5, 5.41) is -0.289. The van der Waals surface area contributed by atoms with E-state index in [4.69, 9.17) is 0 Å². The van der Waals surface area contributed by atoms with Gasteiger partial charge in [0.15, 0.2) is 21.6 Å². The fourth-order valence-corrected chi connectivity index (χ4v) is 8.51. The van der Waals surface area contributed by atoms with Crippen molar-refractivity contribution >= 4 is 15.5 Å². The van der Waals surface area contributed by atoms with Gasteiger partial charge in [0, 0.05) is 24.8 Å². The Balaban J connectivity index is 1.63. The van der Waals surface area contributed by atoms with Crippen molar-refractivity contribution in [1.29, 1.82) is 0 Å². The summed E-state index contributed by atoms with van der Waals surface area (Å²) in [7, 11) is -3.28. The van der Waals surface area contributed by atoms with E-state index in [1.807, 2.05) is 18.2 Å². The molecule has 4 rings (SSSR count). The van der Waals surface area contributed by atoms with E-state index in [1.165, 1.54) is 31.4 Å². The van der Waals surface area contributed by atoms with Gasteiger partial charge < -0.3 is 0 Å². The third-order valence-corrected chi connectivity index (χ3v) is 10.3. The van der Waals surface area contributed by atoms with Crippen LogP contribution in [0.15, 0.2) is 47.4 Å². The molecule has 4 atom stereocenters. The minimum atomic E-state index is -3.28. The topological polar surface area (TPSA) is 37.1 Å². The van der Waals surface area contributed by atoms with Crippen LogP contribution in [0.4, 0.5) is 0 Å². The molecule has 0 bridgehead atoms. The molecule has 2 fully saturated rings. The highest BCUT2D eigenvalue weighted by atomic mass is 32.2. The Kier molecular flexibility index (Phi) is 6.25. The number of sulfone groups is 1. The summed E-state index contributed by atoms with van der Waals surface area (Å²) < 4.78 is 29.3. The normalized spacial score (nSPS) is 31.4. The summed E-state index contributed by atoms with van der Waals surface area (Å²) in [4.78, 5) is 0.475. The molecule has 30 heavy (non-hydrogen) atoms. The molecule has 1 aromatic rings. The standard InChI is InChI=1S/C26H38NO2S/c1-4-19-27-23-15-9-8-14-22(23)26(2,3)25(27)18-17-20-11-10-16-24(20)30(28,29)21-12-6-5-7-13-21/h5-7,12-13,17-18,20,22-24H,4,8-11,14-16,19H2,1-3H3/q+1. The van der Waals surface area contributed by atoms with Crippen LogP contribution in [0.5, 0.6) is 0 Å². The minimum Gasteiger partial charge on any atom is -0.230 e. The van der Waals surface area contributed by atoms with Crippen molar-refractivity contribution in [2.75, 3.05) is 6.54 Å². The molecule has 2 aliphatic carbocycles. The molecule has 0 radical (unpaired) electrons. The highest BCUT2D eigenvalue weighted by Gasteiger charge is 2.54. The van der Waals surface area contributed by atoms with Crippen LogP contribution in [0.25, 0.3) is 0 Å². The van der Waals surface area contributed by atoms with E-state index in [1.54, 1.807) is 12.1 Å². The summed E-state index contributed by atoms with van der Waals surface area (Å²) in [5.41, 5.74) is 1.62. The van der Waals surface area contributed by atoms with Crippen LogP contribution in [-0.4, -0.2) is 36.5 Å². The van der Waals surface area contributed by atoms with E-state index in [0.717, 1.165) is 38.1 Å². The van der Waals surface area contributed by atoms with E-state index in [-0.39, 0.29) is 16.6 Å². The summed E-state index contributed by atoms with van der Waals surface area (Å²) in [5.74, 6) is 0.842. The van der Waals surface area contributed by atoms with Crippen molar-refractivity contribution in [2.45, 2.75) is 88.3 Å². The first-order chi connectivity index (χ1) is 14.4. The number of allylic oxidation sites excluding steroid dienone is 2. The fourth-order valence-electron chi connectivity index (χ4n) is 6.46. The Morgan fingerprint density at radius 1 is 1.03 bits per heavy atom. The van der Waals surface area contributed by atoms with Gasteiger partial charge in [0.05, 0.1) is 15.6 Å². The average Bonchev–Trinajstić information content (AvgIpc) is 3.30. The second-order valence-electron chi connectivity index (χ2n) is 10.1. The fraction of sp³-hybridized carbons (Fsp3) is 0.654. The number of fused-ring (bicyclic) bond motifs is 1. The van der Waals surface area contributed by atoms with E-state index in [2.05, 4.69) is 37.5 Å². The van der Waals surface area contributed by atoms with Gasteiger partial charge >= 0.3 is 0 Å². The molecule has 3 aliphatic rings. The van der Waals surface area contributed by atoms with E-state index in [9.17, 15) is 8.42 Å². The quantitative estimate of drug-likeness (QED) is 0.549. The molecule has 0 saturated heterocycles.